The van der Waals surface area contributed by atoms with E-state index < -0.39 is 0 Å². The lowest BCUT2D eigenvalue weighted by atomic mass is 9.77. The minimum atomic E-state index is -0.156. The maximum absolute atomic E-state index is 11.4. The fourth-order valence-corrected chi connectivity index (χ4v) is 3.10. The van der Waals surface area contributed by atoms with Gasteiger partial charge in [0.25, 0.3) is 0 Å². The van der Waals surface area contributed by atoms with Gasteiger partial charge in [0.2, 0.25) is 0 Å². The van der Waals surface area contributed by atoms with E-state index >= 15 is 0 Å². The van der Waals surface area contributed by atoms with E-state index in [2.05, 4.69) is 13.8 Å². The first-order chi connectivity index (χ1) is 6.91. The lowest BCUT2D eigenvalue weighted by Gasteiger charge is -2.26. The molecular formula is C13H16O2. The summed E-state index contributed by atoms with van der Waals surface area (Å²) in [4.78, 5) is 22.4. The van der Waals surface area contributed by atoms with Crippen molar-refractivity contribution in [3.63, 3.8) is 0 Å². The topological polar surface area (TPSA) is 34.1 Å². The van der Waals surface area contributed by atoms with Crippen LogP contribution in [0, 0.1) is 10.8 Å². The van der Waals surface area contributed by atoms with E-state index in [1.807, 2.05) is 13.0 Å². The molecule has 0 aliphatic heterocycles. The van der Waals surface area contributed by atoms with Gasteiger partial charge in [-0.3, -0.25) is 9.59 Å². The summed E-state index contributed by atoms with van der Waals surface area (Å²) in [6.07, 6.45) is 6.03. The molecule has 0 saturated heterocycles. The largest absolute Gasteiger partial charge is 0.298 e. The summed E-state index contributed by atoms with van der Waals surface area (Å²) < 4.78 is 0. The van der Waals surface area contributed by atoms with Gasteiger partial charge < -0.3 is 0 Å². The zero-order valence-electron chi connectivity index (χ0n) is 9.46. The molecule has 15 heavy (non-hydrogen) atoms. The third-order valence-corrected chi connectivity index (χ3v) is 3.83. The first-order valence-electron chi connectivity index (χ1n) is 5.30. The Morgan fingerprint density at radius 3 is 2.47 bits per heavy atom. The molecule has 2 nitrogen and oxygen atoms in total. The summed E-state index contributed by atoms with van der Waals surface area (Å²) in [5.74, 6) is 0.178. The molecule has 80 valence electrons. The molecule has 2 aliphatic rings. The van der Waals surface area contributed by atoms with Gasteiger partial charge in [0.1, 0.15) is 6.29 Å². The van der Waals surface area contributed by atoms with Crippen LogP contribution in [0.3, 0.4) is 0 Å². The summed E-state index contributed by atoms with van der Waals surface area (Å²) in [6, 6.07) is 0. The Morgan fingerprint density at radius 1 is 1.40 bits per heavy atom. The van der Waals surface area contributed by atoms with Gasteiger partial charge in [-0.15, -0.1) is 0 Å². The van der Waals surface area contributed by atoms with E-state index in [1.165, 1.54) is 0 Å². The zero-order valence-corrected chi connectivity index (χ0v) is 9.46. The highest BCUT2D eigenvalue weighted by Gasteiger charge is 2.48. The Labute approximate surface area is 90.1 Å². The molecular weight excluding hydrogens is 188 g/mol. The molecule has 0 aromatic heterocycles. The van der Waals surface area contributed by atoms with E-state index in [4.69, 9.17) is 0 Å². The van der Waals surface area contributed by atoms with Crippen LogP contribution < -0.4 is 0 Å². The molecule has 1 atom stereocenters. The molecule has 0 fully saturated rings. The first kappa shape index (κ1) is 10.3. The second-order valence-electron chi connectivity index (χ2n) is 5.35. The highest BCUT2D eigenvalue weighted by Crippen LogP contribution is 2.56. The Balaban J connectivity index is 2.50. The molecule has 0 radical (unpaired) electrons. The molecule has 0 aromatic rings. The maximum atomic E-state index is 11.4. The average molecular weight is 204 g/mol. The fraction of sp³-hybridized carbons (Fsp3) is 0.538. The van der Waals surface area contributed by atoms with Gasteiger partial charge >= 0.3 is 0 Å². The molecule has 2 heteroatoms. The molecule has 0 bridgehead atoms. The van der Waals surface area contributed by atoms with Crippen molar-refractivity contribution in [1.29, 1.82) is 0 Å². The van der Waals surface area contributed by atoms with Gasteiger partial charge in [-0.2, -0.15) is 0 Å². The average Bonchev–Trinajstić information content (AvgIpc) is 2.55. The maximum Gasteiger partial charge on any atom is 0.156 e. The quantitative estimate of drug-likeness (QED) is 0.615. The number of hydrogen-bond donors (Lipinski definition) is 0. The zero-order chi connectivity index (χ0) is 11.3. The monoisotopic (exact) mass is 204 g/mol. The molecule has 0 N–H and O–H groups in total. The van der Waals surface area contributed by atoms with Crippen LogP contribution in [0.25, 0.3) is 0 Å². The number of carbonyl (C=O) groups is 2. The highest BCUT2D eigenvalue weighted by molar-refractivity contribution is 5.94. The van der Waals surface area contributed by atoms with Crippen molar-refractivity contribution < 1.29 is 9.59 Å². The molecule has 0 aromatic carbocycles. The van der Waals surface area contributed by atoms with Crippen LogP contribution in [0.5, 0.6) is 0 Å². The van der Waals surface area contributed by atoms with Gasteiger partial charge in [0, 0.05) is 11.8 Å². The number of rotatable bonds is 1. The minimum Gasteiger partial charge on any atom is -0.298 e. The van der Waals surface area contributed by atoms with Crippen molar-refractivity contribution in [3.8, 4) is 0 Å². The van der Waals surface area contributed by atoms with E-state index in [9.17, 15) is 9.59 Å². The van der Waals surface area contributed by atoms with Gasteiger partial charge in [0.05, 0.1) is 0 Å². The van der Waals surface area contributed by atoms with Gasteiger partial charge in [-0.25, -0.2) is 0 Å². The number of hydrogen-bond acceptors (Lipinski definition) is 2. The van der Waals surface area contributed by atoms with Crippen LogP contribution in [0.1, 0.15) is 33.6 Å². The molecule has 1 unspecified atom stereocenters. The van der Waals surface area contributed by atoms with Crippen molar-refractivity contribution >= 4 is 12.1 Å². The number of aldehydes is 1. The van der Waals surface area contributed by atoms with E-state index in [0.717, 1.165) is 23.9 Å². The van der Waals surface area contributed by atoms with Gasteiger partial charge in [-0.1, -0.05) is 25.5 Å². The van der Waals surface area contributed by atoms with Crippen LogP contribution in [0.15, 0.2) is 23.3 Å². The van der Waals surface area contributed by atoms with Crippen LogP contribution in [0.2, 0.25) is 0 Å². The molecule has 1 spiro atoms. The Morgan fingerprint density at radius 2 is 2.07 bits per heavy atom. The van der Waals surface area contributed by atoms with Gasteiger partial charge in [-0.05, 0) is 30.4 Å². The highest BCUT2D eigenvalue weighted by atomic mass is 16.1. The van der Waals surface area contributed by atoms with Crippen molar-refractivity contribution in [2.45, 2.75) is 33.6 Å². The van der Waals surface area contributed by atoms with Crippen LogP contribution in [-0.4, -0.2) is 12.1 Å². The Kier molecular flexibility index (Phi) is 2.00. The van der Waals surface area contributed by atoms with Crippen LogP contribution in [-0.2, 0) is 9.59 Å². The lowest BCUT2D eigenvalue weighted by Crippen LogP contribution is -2.19. The summed E-state index contributed by atoms with van der Waals surface area (Å²) >= 11 is 0. The van der Waals surface area contributed by atoms with Crippen molar-refractivity contribution in [3.05, 3.63) is 23.3 Å². The molecule has 2 rings (SSSR count). The third-order valence-electron chi connectivity index (χ3n) is 3.83. The molecule has 0 amide bonds. The van der Waals surface area contributed by atoms with Crippen LogP contribution >= 0.6 is 0 Å². The van der Waals surface area contributed by atoms with E-state index in [0.29, 0.717) is 6.42 Å². The van der Waals surface area contributed by atoms with Crippen molar-refractivity contribution in [1.82, 2.24) is 0 Å². The fourth-order valence-electron chi connectivity index (χ4n) is 3.10. The number of carbonyl (C=O) groups excluding carboxylic acids is 2. The Hall–Kier alpha value is -1.18. The minimum absolute atomic E-state index is 0.0964. The van der Waals surface area contributed by atoms with E-state index in [1.54, 1.807) is 6.08 Å². The second-order valence-corrected chi connectivity index (χ2v) is 5.35. The standard InChI is InChI=1S/C13H16O2/c1-9-11(7-14)12(2,3)8-13(9)5-4-10(15)6-13/h4-5,7H,6,8H2,1-3H3. The summed E-state index contributed by atoms with van der Waals surface area (Å²) in [7, 11) is 0. The van der Waals surface area contributed by atoms with Crippen molar-refractivity contribution in [2.75, 3.05) is 0 Å². The second kappa shape index (κ2) is 2.91. The Bertz CT molecular complexity index is 399. The molecule has 0 heterocycles. The predicted molar refractivity (Wildman–Crippen MR) is 58.4 cm³/mol. The first-order valence-corrected chi connectivity index (χ1v) is 5.30. The number of ketones is 1. The van der Waals surface area contributed by atoms with E-state index in [-0.39, 0.29) is 16.6 Å². The predicted octanol–water partition coefficient (Wildman–Crippen LogP) is 2.45. The van der Waals surface area contributed by atoms with Gasteiger partial charge in [0.15, 0.2) is 5.78 Å². The molecule has 0 saturated carbocycles. The third kappa shape index (κ3) is 1.31. The van der Waals surface area contributed by atoms with Crippen LogP contribution in [0.4, 0.5) is 0 Å². The van der Waals surface area contributed by atoms with Crippen molar-refractivity contribution in [2.24, 2.45) is 10.8 Å². The normalized spacial score (nSPS) is 33.1. The summed E-state index contributed by atoms with van der Waals surface area (Å²) in [5, 5.41) is 0. The summed E-state index contributed by atoms with van der Waals surface area (Å²) in [5.41, 5.74) is 1.71. The lowest BCUT2D eigenvalue weighted by molar-refractivity contribution is -0.115. The summed E-state index contributed by atoms with van der Waals surface area (Å²) in [6.45, 7) is 6.14. The smallest absolute Gasteiger partial charge is 0.156 e. The molecule has 2 aliphatic carbocycles. The SMILES string of the molecule is CC1=C(C=O)C(C)(C)CC12C=CC(=O)C2. The number of allylic oxidation sites excluding steroid dienone is 4.